The predicted octanol–water partition coefficient (Wildman–Crippen LogP) is 1.92. The minimum Gasteiger partial charge on any atom is -0.507 e. The van der Waals surface area contributed by atoms with Gasteiger partial charge in [-0.25, -0.2) is 13.2 Å². The number of aromatic hydroxyl groups is 1. The molecular formula is C13H10O5S. The van der Waals surface area contributed by atoms with E-state index in [1.165, 1.54) is 12.1 Å². The molecule has 0 atom stereocenters. The lowest BCUT2D eigenvalue weighted by molar-refractivity contribution is 0.0696. The number of rotatable bonds is 3. The van der Waals surface area contributed by atoms with Crippen molar-refractivity contribution in [2.45, 2.75) is 9.79 Å². The van der Waals surface area contributed by atoms with E-state index in [-0.39, 0.29) is 10.5 Å². The van der Waals surface area contributed by atoms with E-state index in [1.807, 2.05) is 0 Å². The third-order valence-corrected chi connectivity index (χ3v) is 4.35. The first-order valence-corrected chi connectivity index (χ1v) is 6.77. The molecule has 2 rings (SSSR count). The van der Waals surface area contributed by atoms with Gasteiger partial charge in [-0.2, -0.15) is 0 Å². The smallest absolute Gasteiger partial charge is 0.335 e. The zero-order valence-electron chi connectivity index (χ0n) is 9.65. The third-order valence-electron chi connectivity index (χ3n) is 2.55. The fraction of sp³-hybridized carbons (Fsp3) is 0. The zero-order chi connectivity index (χ0) is 14.0. The van der Waals surface area contributed by atoms with Crippen molar-refractivity contribution in [3.63, 3.8) is 0 Å². The van der Waals surface area contributed by atoms with Gasteiger partial charge in [0.15, 0.2) is 0 Å². The molecule has 0 heterocycles. The second kappa shape index (κ2) is 4.74. The Bertz CT molecular complexity index is 720. The molecule has 0 radical (unpaired) electrons. The number of carboxylic acid groups (broad SMARTS) is 1. The van der Waals surface area contributed by atoms with Crippen LogP contribution in [0.3, 0.4) is 0 Å². The molecule has 0 unspecified atom stereocenters. The number of carboxylic acids is 1. The van der Waals surface area contributed by atoms with E-state index in [4.69, 9.17) is 5.11 Å². The highest BCUT2D eigenvalue weighted by Crippen LogP contribution is 2.29. The summed E-state index contributed by atoms with van der Waals surface area (Å²) in [6.07, 6.45) is 0. The van der Waals surface area contributed by atoms with Crippen LogP contribution in [-0.4, -0.2) is 24.6 Å². The van der Waals surface area contributed by atoms with Crippen molar-refractivity contribution >= 4 is 15.8 Å². The van der Waals surface area contributed by atoms with Crippen LogP contribution in [-0.2, 0) is 9.84 Å². The number of benzene rings is 2. The highest BCUT2D eigenvalue weighted by atomic mass is 32.2. The van der Waals surface area contributed by atoms with Crippen LogP contribution in [0.1, 0.15) is 10.4 Å². The van der Waals surface area contributed by atoms with Crippen LogP contribution in [0.4, 0.5) is 0 Å². The fourth-order valence-electron chi connectivity index (χ4n) is 1.59. The first-order chi connectivity index (χ1) is 8.93. The monoisotopic (exact) mass is 278 g/mol. The van der Waals surface area contributed by atoms with Crippen molar-refractivity contribution in [2.75, 3.05) is 0 Å². The molecule has 0 aliphatic carbocycles. The molecule has 6 heteroatoms. The Morgan fingerprint density at radius 1 is 1.00 bits per heavy atom. The Morgan fingerprint density at radius 2 is 1.63 bits per heavy atom. The maximum absolute atomic E-state index is 12.3. The van der Waals surface area contributed by atoms with E-state index < -0.39 is 26.5 Å². The number of sulfone groups is 1. The van der Waals surface area contributed by atoms with E-state index in [1.54, 1.807) is 18.2 Å². The Balaban J connectivity index is 2.65. The van der Waals surface area contributed by atoms with Gasteiger partial charge in [-0.1, -0.05) is 18.2 Å². The molecule has 0 amide bonds. The van der Waals surface area contributed by atoms with Crippen LogP contribution in [0.5, 0.6) is 5.75 Å². The van der Waals surface area contributed by atoms with Crippen LogP contribution in [0, 0.1) is 0 Å². The van der Waals surface area contributed by atoms with Gasteiger partial charge in [0.1, 0.15) is 10.6 Å². The van der Waals surface area contributed by atoms with E-state index in [2.05, 4.69) is 0 Å². The summed E-state index contributed by atoms with van der Waals surface area (Å²) in [5.41, 5.74) is -0.202. The van der Waals surface area contributed by atoms with Gasteiger partial charge in [-0.3, -0.25) is 0 Å². The van der Waals surface area contributed by atoms with Gasteiger partial charge < -0.3 is 10.2 Å². The quantitative estimate of drug-likeness (QED) is 0.895. The summed E-state index contributed by atoms with van der Waals surface area (Å²) in [5.74, 6) is -1.74. The molecule has 0 bridgehead atoms. The third kappa shape index (κ3) is 2.43. The summed E-state index contributed by atoms with van der Waals surface area (Å²) in [5, 5.41) is 18.5. The number of phenols is 1. The van der Waals surface area contributed by atoms with Crippen LogP contribution in [0.2, 0.25) is 0 Å². The van der Waals surface area contributed by atoms with Crippen LogP contribution < -0.4 is 0 Å². The second-order valence-electron chi connectivity index (χ2n) is 3.80. The topological polar surface area (TPSA) is 91.7 Å². The van der Waals surface area contributed by atoms with E-state index in [9.17, 15) is 18.3 Å². The van der Waals surface area contributed by atoms with Crippen molar-refractivity contribution in [3.8, 4) is 5.75 Å². The van der Waals surface area contributed by atoms with Gasteiger partial charge >= 0.3 is 5.97 Å². The fourth-order valence-corrected chi connectivity index (χ4v) is 2.98. The van der Waals surface area contributed by atoms with Gasteiger partial charge in [0, 0.05) is 0 Å². The summed E-state index contributed by atoms with van der Waals surface area (Å²) in [6, 6.07) is 10.6. The predicted molar refractivity (Wildman–Crippen MR) is 67.0 cm³/mol. The molecule has 0 aliphatic rings. The van der Waals surface area contributed by atoms with E-state index >= 15 is 0 Å². The van der Waals surface area contributed by atoms with E-state index in [0.717, 1.165) is 18.2 Å². The molecule has 2 N–H and O–H groups in total. The molecule has 2 aromatic carbocycles. The summed E-state index contributed by atoms with van der Waals surface area (Å²) in [6.45, 7) is 0. The molecule has 5 nitrogen and oxygen atoms in total. The van der Waals surface area contributed by atoms with Gasteiger partial charge in [-0.15, -0.1) is 0 Å². The Morgan fingerprint density at radius 3 is 2.21 bits per heavy atom. The highest BCUT2D eigenvalue weighted by Gasteiger charge is 2.22. The molecule has 2 aromatic rings. The average molecular weight is 278 g/mol. The minimum absolute atomic E-state index is 0.00663. The molecule has 0 aromatic heterocycles. The van der Waals surface area contributed by atoms with Crippen molar-refractivity contribution < 1.29 is 23.4 Å². The first-order valence-electron chi connectivity index (χ1n) is 5.29. The van der Waals surface area contributed by atoms with Crippen LogP contribution in [0.25, 0.3) is 0 Å². The lowest BCUT2D eigenvalue weighted by atomic mass is 10.2. The van der Waals surface area contributed by atoms with Gasteiger partial charge in [0.25, 0.3) is 0 Å². The number of hydrogen-bond donors (Lipinski definition) is 2. The highest BCUT2D eigenvalue weighted by molar-refractivity contribution is 7.91. The van der Waals surface area contributed by atoms with Gasteiger partial charge in [0.05, 0.1) is 10.5 Å². The molecule has 0 fully saturated rings. The number of hydrogen-bond acceptors (Lipinski definition) is 4. The largest absolute Gasteiger partial charge is 0.507 e. The number of aromatic carboxylic acids is 1. The SMILES string of the molecule is O=C(O)c1ccc(O)c(S(=O)(=O)c2ccccc2)c1. The summed E-state index contributed by atoms with van der Waals surface area (Å²) in [4.78, 5) is 10.4. The normalized spacial score (nSPS) is 11.2. The second-order valence-corrected chi connectivity index (χ2v) is 5.72. The van der Waals surface area contributed by atoms with Gasteiger partial charge in [-0.05, 0) is 30.3 Å². The minimum atomic E-state index is -3.94. The molecule has 0 saturated heterocycles. The Hall–Kier alpha value is -2.34. The van der Waals surface area contributed by atoms with Gasteiger partial charge in [0.2, 0.25) is 9.84 Å². The molecule has 19 heavy (non-hydrogen) atoms. The van der Waals surface area contributed by atoms with E-state index in [0.29, 0.717) is 0 Å². The number of phenolic OH excluding ortho intramolecular Hbond substituents is 1. The summed E-state index contributed by atoms with van der Waals surface area (Å²) >= 11 is 0. The first kappa shape index (κ1) is 13.1. The maximum atomic E-state index is 12.3. The average Bonchev–Trinajstić information content (AvgIpc) is 2.39. The van der Waals surface area contributed by atoms with Crippen molar-refractivity contribution in [3.05, 3.63) is 54.1 Å². The zero-order valence-corrected chi connectivity index (χ0v) is 10.5. The van der Waals surface area contributed by atoms with Crippen LogP contribution in [0.15, 0.2) is 58.3 Å². The molecule has 0 spiro atoms. The van der Waals surface area contributed by atoms with Crippen molar-refractivity contribution in [1.29, 1.82) is 0 Å². The molecule has 0 aliphatic heterocycles. The van der Waals surface area contributed by atoms with Crippen molar-refractivity contribution in [1.82, 2.24) is 0 Å². The Kier molecular flexibility index (Phi) is 3.26. The molecular weight excluding hydrogens is 268 g/mol. The lowest BCUT2D eigenvalue weighted by Gasteiger charge is -2.07. The number of carbonyl (C=O) groups is 1. The van der Waals surface area contributed by atoms with Crippen LogP contribution >= 0.6 is 0 Å². The molecule has 0 saturated carbocycles. The Labute approximate surface area is 109 Å². The maximum Gasteiger partial charge on any atom is 0.335 e. The summed E-state index contributed by atoms with van der Waals surface area (Å²) < 4.78 is 24.6. The molecule has 98 valence electrons. The lowest BCUT2D eigenvalue weighted by Crippen LogP contribution is -2.05. The standard InChI is InChI=1S/C13H10O5S/c14-11-7-6-9(13(15)16)8-12(11)19(17,18)10-4-2-1-3-5-10/h1-8,14H,(H,15,16). The summed E-state index contributed by atoms with van der Waals surface area (Å²) in [7, 11) is -3.94. The van der Waals surface area contributed by atoms with Crippen molar-refractivity contribution in [2.24, 2.45) is 0 Å².